The zero-order chi connectivity index (χ0) is 29.5. The van der Waals surface area contributed by atoms with E-state index in [1.54, 1.807) is 0 Å². The number of ether oxygens (including phenoxy) is 2. The van der Waals surface area contributed by atoms with Crippen LogP contribution in [0.25, 0.3) is 0 Å². The van der Waals surface area contributed by atoms with E-state index in [0.29, 0.717) is 30.2 Å². The van der Waals surface area contributed by atoms with Gasteiger partial charge in [0.25, 0.3) is 0 Å². The molecule has 246 valence electrons. The Labute approximate surface area is 262 Å². The minimum atomic E-state index is -0.619. The molecular weight excluding hydrogens is 516 g/mol. The highest BCUT2D eigenvalue weighted by Crippen LogP contribution is 2.44. The predicted molar refractivity (Wildman–Crippen MR) is 179 cm³/mol. The molecule has 1 unspecified atom stereocenters. The Morgan fingerprint density at radius 2 is 0.881 bits per heavy atom. The molecule has 0 bridgehead atoms. The summed E-state index contributed by atoms with van der Waals surface area (Å²) in [6.45, 7) is 8.33. The van der Waals surface area contributed by atoms with Crippen LogP contribution in [0.4, 0.5) is 0 Å². The second-order valence-corrected chi connectivity index (χ2v) is 14.6. The Kier molecular flexibility index (Phi) is 16.0. The van der Waals surface area contributed by atoms with Gasteiger partial charge >= 0.3 is 0 Å². The normalized spacial score (nSPS) is 23.6. The zero-order valence-electron chi connectivity index (χ0n) is 28.6. The maximum atomic E-state index is 7.32. The molecule has 0 radical (unpaired) electrons. The lowest BCUT2D eigenvalue weighted by molar-refractivity contribution is -0.367. The molecule has 0 heterocycles. The first-order chi connectivity index (χ1) is 20.7. The topological polar surface area (TPSA) is 24.9 Å². The lowest BCUT2D eigenvalue weighted by Crippen LogP contribution is -2.72. The smallest absolute Gasteiger partial charge is 0.246 e. The van der Waals surface area contributed by atoms with Crippen LogP contribution < -0.4 is 0 Å². The van der Waals surface area contributed by atoms with Gasteiger partial charge in [-0.3, -0.25) is 4.90 Å². The van der Waals surface area contributed by atoms with E-state index in [1.807, 2.05) is 0 Å². The Morgan fingerprint density at radius 3 is 1.29 bits per heavy atom. The molecule has 4 rings (SSSR count). The summed E-state index contributed by atoms with van der Waals surface area (Å²) in [6, 6.07) is 2.94. The fourth-order valence-corrected chi connectivity index (χ4v) is 9.70. The second kappa shape index (κ2) is 19.4. The van der Waals surface area contributed by atoms with Gasteiger partial charge < -0.3 is 9.47 Å². The molecule has 4 heteroatoms. The molecule has 0 saturated heterocycles. The van der Waals surface area contributed by atoms with Gasteiger partial charge in [-0.05, 0) is 71.6 Å². The molecular formula is C38H72N2O2. The minimum Gasteiger partial charge on any atom is -0.336 e. The van der Waals surface area contributed by atoms with Crippen LogP contribution in [-0.2, 0) is 9.47 Å². The SMILES string of the molecule is CCCCCCCCC(N(C1CCCCC1)C1CCCCC1)C(OCC)(OCC)N(C1CCCCC1)C1CCCCC1. The number of rotatable bonds is 18. The van der Waals surface area contributed by atoms with Crippen LogP contribution in [0.2, 0.25) is 0 Å². The van der Waals surface area contributed by atoms with Gasteiger partial charge in [-0.1, -0.05) is 122 Å². The summed E-state index contributed by atoms with van der Waals surface area (Å²) in [6.07, 6.45) is 37.0. The molecule has 0 aliphatic heterocycles. The summed E-state index contributed by atoms with van der Waals surface area (Å²) < 4.78 is 14.6. The maximum Gasteiger partial charge on any atom is 0.246 e. The van der Waals surface area contributed by atoms with Crippen molar-refractivity contribution in [3.8, 4) is 0 Å². The van der Waals surface area contributed by atoms with Crippen molar-refractivity contribution in [3.63, 3.8) is 0 Å². The Morgan fingerprint density at radius 1 is 0.500 bits per heavy atom. The summed E-state index contributed by atoms with van der Waals surface area (Å²) in [5.74, 6) is -0.619. The third kappa shape index (κ3) is 9.43. The molecule has 0 amide bonds. The molecule has 0 spiro atoms. The first-order valence-corrected chi connectivity index (χ1v) is 19.6. The zero-order valence-corrected chi connectivity index (χ0v) is 28.6. The van der Waals surface area contributed by atoms with E-state index in [9.17, 15) is 0 Å². The number of hydrogen-bond donors (Lipinski definition) is 0. The van der Waals surface area contributed by atoms with Crippen LogP contribution in [0.5, 0.6) is 0 Å². The Hall–Kier alpha value is -0.160. The highest BCUT2D eigenvalue weighted by Gasteiger charge is 2.55. The van der Waals surface area contributed by atoms with Crippen molar-refractivity contribution in [2.24, 2.45) is 0 Å². The molecule has 1 atom stereocenters. The van der Waals surface area contributed by atoms with Gasteiger partial charge in [0.2, 0.25) is 5.91 Å². The molecule has 0 N–H and O–H groups in total. The lowest BCUT2D eigenvalue weighted by atomic mass is 9.83. The number of hydrogen-bond acceptors (Lipinski definition) is 4. The number of nitrogens with zero attached hydrogens (tertiary/aromatic N) is 2. The Bertz CT molecular complexity index is 635. The summed E-state index contributed by atoms with van der Waals surface area (Å²) in [5.41, 5.74) is 0. The molecule has 4 fully saturated rings. The van der Waals surface area contributed by atoms with Crippen LogP contribution >= 0.6 is 0 Å². The summed E-state index contributed by atoms with van der Waals surface area (Å²) in [4.78, 5) is 6.10. The molecule has 0 aromatic heterocycles. The van der Waals surface area contributed by atoms with E-state index in [-0.39, 0.29) is 0 Å². The van der Waals surface area contributed by atoms with E-state index in [4.69, 9.17) is 9.47 Å². The van der Waals surface area contributed by atoms with Crippen molar-refractivity contribution in [1.82, 2.24) is 9.80 Å². The van der Waals surface area contributed by atoms with Crippen molar-refractivity contribution < 1.29 is 9.47 Å². The summed E-state index contributed by atoms with van der Waals surface area (Å²) in [7, 11) is 0. The van der Waals surface area contributed by atoms with Crippen LogP contribution in [0.3, 0.4) is 0 Å². The van der Waals surface area contributed by atoms with Crippen molar-refractivity contribution in [3.05, 3.63) is 0 Å². The fourth-order valence-electron chi connectivity index (χ4n) is 9.70. The van der Waals surface area contributed by atoms with Gasteiger partial charge in [0.15, 0.2) is 0 Å². The average molecular weight is 589 g/mol. The molecule has 4 aliphatic carbocycles. The van der Waals surface area contributed by atoms with Crippen molar-refractivity contribution in [2.45, 2.75) is 230 Å². The van der Waals surface area contributed by atoms with Crippen molar-refractivity contribution in [2.75, 3.05) is 13.2 Å². The summed E-state index contributed by atoms with van der Waals surface area (Å²) >= 11 is 0. The highest BCUT2D eigenvalue weighted by atomic mass is 16.7. The van der Waals surface area contributed by atoms with E-state index in [1.165, 1.54) is 173 Å². The third-order valence-electron chi connectivity index (χ3n) is 11.6. The van der Waals surface area contributed by atoms with Gasteiger partial charge in [-0.2, -0.15) is 0 Å². The third-order valence-corrected chi connectivity index (χ3v) is 11.6. The second-order valence-electron chi connectivity index (χ2n) is 14.6. The lowest BCUT2D eigenvalue weighted by Gasteiger charge is -2.59. The van der Waals surface area contributed by atoms with Crippen LogP contribution in [0.15, 0.2) is 0 Å². The first-order valence-electron chi connectivity index (χ1n) is 19.6. The average Bonchev–Trinajstić information content (AvgIpc) is 3.04. The largest absolute Gasteiger partial charge is 0.336 e. The standard InChI is InChI=1S/C38H72N2O2/c1-4-7-8-9-10-23-32-37(39(33-24-15-11-16-25-33)34-26-17-12-18-27-34)38(41-5-2,42-6-3)40(35-28-19-13-20-29-35)36-30-21-14-22-31-36/h33-37H,4-32H2,1-3H3. The Balaban J connectivity index is 1.77. The molecule has 4 nitrogen and oxygen atoms in total. The monoisotopic (exact) mass is 589 g/mol. The molecule has 4 saturated carbocycles. The minimum absolute atomic E-state index is 0.332. The van der Waals surface area contributed by atoms with Gasteiger partial charge in [0, 0.05) is 37.4 Å². The van der Waals surface area contributed by atoms with Gasteiger partial charge in [0.05, 0.1) is 6.04 Å². The molecule has 0 aromatic rings. The van der Waals surface area contributed by atoms with Crippen molar-refractivity contribution >= 4 is 0 Å². The van der Waals surface area contributed by atoms with E-state index < -0.39 is 5.91 Å². The predicted octanol–water partition coefficient (Wildman–Crippen LogP) is 10.8. The van der Waals surface area contributed by atoms with Crippen molar-refractivity contribution in [1.29, 1.82) is 0 Å². The van der Waals surface area contributed by atoms with Gasteiger partial charge in [0.1, 0.15) is 0 Å². The van der Waals surface area contributed by atoms with E-state index in [0.717, 1.165) is 13.2 Å². The summed E-state index contributed by atoms with van der Waals surface area (Å²) in [5, 5.41) is 0. The number of unbranched alkanes of at least 4 members (excludes halogenated alkanes) is 5. The van der Waals surface area contributed by atoms with Crippen LogP contribution in [0.1, 0.15) is 194 Å². The maximum absolute atomic E-state index is 7.32. The van der Waals surface area contributed by atoms with E-state index >= 15 is 0 Å². The first kappa shape index (κ1) is 34.7. The van der Waals surface area contributed by atoms with Gasteiger partial charge in [-0.25, -0.2) is 4.90 Å². The molecule has 42 heavy (non-hydrogen) atoms. The highest BCUT2D eigenvalue weighted by molar-refractivity contribution is 5.00. The van der Waals surface area contributed by atoms with Crippen LogP contribution in [0, 0.1) is 0 Å². The molecule has 0 aromatic carbocycles. The fraction of sp³-hybridized carbons (Fsp3) is 1.00. The quantitative estimate of drug-likeness (QED) is 0.117. The van der Waals surface area contributed by atoms with Crippen LogP contribution in [-0.4, -0.2) is 59.1 Å². The van der Waals surface area contributed by atoms with Gasteiger partial charge in [-0.15, -0.1) is 0 Å². The van der Waals surface area contributed by atoms with E-state index in [2.05, 4.69) is 30.6 Å². The molecule has 4 aliphatic rings.